The van der Waals surface area contributed by atoms with Gasteiger partial charge in [-0.2, -0.15) is 5.10 Å². The van der Waals surface area contributed by atoms with Gasteiger partial charge in [-0.15, -0.1) is 0 Å². The lowest BCUT2D eigenvalue weighted by molar-refractivity contribution is 0.102. The van der Waals surface area contributed by atoms with Crippen LogP contribution in [0.1, 0.15) is 41.7 Å². The van der Waals surface area contributed by atoms with Crippen molar-refractivity contribution in [3.05, 3.63) is 96.3 Å². The highest BCUT2D eigenvalue weighted by atomic mass is 19.1. The molecule has 1 saturated heterocycles. The number of para-hydroxylation sites is 1. The molecule has 0 atom stereocenters. The summed E-state index contributed by atoms with van der Waals surface area (Å²) in [6.07, 6.45) is 10.3. The molecule has 1 amide bonds. The Bertz CT molecular complexity index is 1630. The van der Waals surface area contributed by atoms with Crippen molar-refractivity contribution in [3.63, 3.8) is 0 Å². The van der Waals surface area contributed by atoms with E-state index in [1.54, 1.807) is 24.3 Å². The van der Waals surface area contributed by atoms with E-state index < -0.39 is 5.82 Å². The van der Waals surface area contributed by atoms with Crippen molar-refractivity contribution in [1.82, 2.24) is 25.1 Å². The molecule has 6 rings (SSSR count). The molecular weight excluding hydrogens is 507 g/mol. The molecule has 2 N–H and O–H groups in total. The van der Waals surface area contributed by atoms with E-state index in [0.29, 0.717) is 11.1 Å². The molecule has 1 aliphatic heterocycles. The second-order valence-electron chi connectivity index (χ2n) is 9.98. The average molecular weight is 537 g/mol. The van der Waals surface area contributed by atoms with Crippen LogP contribution in [-0.2, 0) is 6.54 Å². The fraction of sp³-hybridized carbons (Fsp3) is 0.226. The molecule has 0 radical (unpaired) electrons. The first kappa shape index (κ1) is 25.6. The Labute approximate surface area is 231 Å². The van der Waals surface area contributed by atoms with Crippen LogP contribution >= 0.6 is 0 Å². The summed E-state index contributed by atoms with van der Waals surface area (Å²) in [5.41, 5.74) is 4.63. The van der Waals surface area contributed by atoms with E-state index in [9.17, 15) is 9.18 Å². The summed E-state index contributed by atoms with van der Waals surface area (Å²) < 4.78 is 19.3. The van der Waals surface area contributed by atoms with Gasteiger partial charge in [-0.3, -0.25) is 19.8 Å². The second kappa shape index (κ2) is 11.6. The van der Waals surface area contributed by atoms with Crippen molar-refractivity contribution >= 4 is 22.5 Å². The largest absolute Gasteiger partial charge is 0.436 e. The molecule has 0 bridgehead atoms. The standard InChI is InChI=1S/C31H29FN6O2/c32-26-7-3-4-8-28(26)40-29-12-10-24(19-34-29)35-31(39)30-25-16-22(9-11-27(25)36-37-30)23-15-21(17-33-18-23)20-38-13-5-1-2-6-14-38/h3-4,7-12,15-19H,1-2,5-6,13-14,20H2,(H,35,39)(H,36,37). The number of aromatic nitrogens is 4. The number of amides is 1. The van der Waals surface area contributed by atoms with E-state index in [1.807, 2.05) is 30.6 Å². The predicted molar refractivity (Wildman–Crippen MR) is 152 cm³/mol. The third-order valence-electron chi connectivity index (χ3n) is 7.06. The lowest BCUT2D eigenvalue weighted by Gasteiger charge is -2.19. The van der Waals surface area contributed by atoms with Crippen LogP contribution in [0.4, 0.5) is 10.1 Å². The van der Waals surface area contributed by atoms with Crippen molar-refractivity contribution < 1.29 is 13.9 Å². The number of rotatable bonds is 7. The Morgan fingerprint density at radius 2 is 1.80 bits per heavy atom. The summed E-state index contributed by atoms with van der Waals surface area (Å²) in [7, 11) is 0. The van der Waals surface area contributed by atoms with E-state index in [2.05, 4.69) is 36.4 Å². The number of hydrogen-bond acceptors (Lipinski definition) is 6. The Kier molecular flexibility index (Phi) is 7.45. The molecule has 40 heavy (non-hydrogen) atoms. The Morgan fingerprint density at radius 1 is 0.950 bits per heavy atom. The zero-order valence-electron chi connectivity index (χ0n) is 21.9. The smallest absolute Gasteiger partial charge is 0.276 e. The SMILES string of the molecule is O=C(Nc1ccc(Oc2ccccc2F)nc1)c1n[nH]c2ccc(-c3cncc(CN4CCCCCC4)c3)cc12. The first-order valence-electron chi connectivity index (χ1n) is 13.5. The third-order valence-corrected chi connectivity index (χ3v) is 7.06. The lowest BCUT2D eigenvalue weighted by Crippen LogP contribution is -2.24. The highest BCUT2D eigenvalue weighted by Gasteiger charge is 2.17. The van der Waals surface area contributed by atoms with E-state index in [-0.39, 0.29) is 23.2 Å². The minimum atomic E-state index is -0.480. The molecule has 4 heterocycles. The van der Waals surface area contributed by atoms with Crippen molar-refractivity contribution in [1.29, 1.82) is 0 Å². The molecule has 2 aromatic carbocycles. The van der Waals surface area contributed by atoms with Crippen LogP contribution < -0.4 is 10.1 Å². The monoisotopic (exact) mass is 536 g/mol. The number of benzene rings is 2. The van der Waals surface area contributed by atoms with Crippen LogP contribution in [-0.4, -0.2) is 44.1 Å². The third kappa shape index (κ3) is 5.84. The lowest BCUT2D eigenvalue weighted by atomic mass is 10.0. The number of anilines is 1. The van der Waals surface area contributed by atoms with Crippen LogP contribution in [0.2, 0.25) is 0 Å². The highest BCUT2D eigenvalue weighted by molar-refractivity contribution is 6.11. The minimum absolute atomic E-state index is 0.0771. The fourth-order valence-corrected chi connectivity index (χ4v) is 5.00. The Balaban J connectivity index is 1.17. The van der Waals surface area contributed by atoms with Gasteiger partial charge in [-0.1, -0.05) is 31.0 Å². The second-order valence-corrected chi connectivity index (χ2v) is 9.98. The number of H-pyrrole nitrogens is 1. The number of carbonyl (C=O) groups excluding carboxylic acids is 1. The molecule has 5 aromatic rings. The molecule has 9 heteroatoms. The maximum absolute atomic E-state index is 13.9. The van der Waals surface area contributed by atoms with Gasteiger partial charge in [-0.25, -0.2) is 9.37 Å². The molecule has 8 nitrogen and oxygen atoms in total. The normalized spacial score (nSPS) is 14.1. The van der Waals surface area contributed by atoms with Gasteiger partial charge in [0.05, 0.1) is 17.4 Å². The zero-order chi connectivity index (χ0) is 27.3. The van der Waals surface area contributed by atoms with Crippen molar-refractivity contribution in [2.24, 2.45) is 0 Å². The average Bonchev–Trinajstić information content (AvgIpc) is 3.24. The molecule has 3 aromatic heterocycles. The van der Waals surface area contributed by atoms with Crippen LogP contribution in [0.3, 0.4) is 0 Å². The molecule has 0 unspecified atom stereocenters. The van der Waals surface area contributed by atoms with Crippen LogP contribution in [0.15, 0.2) is 79.3 Å². The van der Waals surface area contributed by atoms with E-state index in [1.165, 1.54) is 49.6 Å². The topological polar surface area (TPSA) is 96.0 Å². The van der Waals surface area contributed by atoms with Gasteiger partial charge in [-0.05, 0) is 73.5 Å². The molecule has 0 aliphatic carbocycles. The summed E-state index contributed by atoms with van der Waals surface area (Å²) in [4.78, 5) is 24.3. The zero-order valence-corrected chi connectivity index (χ0v) is 21.9. The van der Waals surface area contributed by atoms with Gasteiger partial charge < -0.3 is 10.1 Å². The highest BCUT2D eigenvalue weighted by Crippen LogP contribution is 2.27. The number of likely N-dealkylation sites (tertiary alicyclic amines) is 1. The van der Waals surface area contributed by atoms with Gasteiger partial charge >= 0.3 is 0 Å². The van der Waals surface area contributed by atoms with Crippen LogP contribution in [0, 0.1) is 5.82 Å². The van der Waals surface area contributed by atoms with Gasteiger partial charge in [0.15, 0.2) is 17.3 Å². The molecule has 1 fully saturated rings. The Hall–Kier alpha value is -4.63. The number of carbonyl (C=O) groups is 1. The number of fused-ring (bicyclic) bond motifs is 1. The van der Waals surface area contributed by atoms with E-state index >= 15 is 0 Å². The maximum atomic E-state index is 13.9. The van der Waals surface area contributed by atoms with Gasteiger partial charge in [0, 0.05) is 36.0 Å². The number of pyridine rings is 2. The molecule has 0 spiro atoms. The summed E-state index contributed by atoms with van der Waals surface area (Å²) >= 11 is 0. The molecule has 1 aliphatic rings. The number of ether oxygens (including phenoxy) is 1. The summed E-state index contributed by atoms with van der Waals surface area (Å²) in [5, 5.41) is 10.7. The van der Waals surface area contributed by atoms with Gasteiger partial charge in [0.2, 0.25) is 5.88 Å². The van der Waals surface area contributed by atoms with E-state index in [0.717, 1.165) is 36.3 Å². The number of aromatic amines is 1. The fourth-order valence-electron chi connectivity index (χ4n) is 5.00. The van der Waals surface area contributed by atoms with Crippen LogP contribution in [0.5, 0.6) is 11.6 Å². The molecular formula is C31H29FN6O2. The number of nitrogens with one attached hydrogen (secondary N) is 2. The summed E-state index contributed by atoms with van der Waals surface area (Å²) in [6, 6.07) is 17.4. The van der Waals surface area contributed by atoms with Crippen molar-refractivity contribution in [3.8, 4) is 22.8 Å². The predicted octanol–water partition coefficient (Wildman–Crippen LogP) is 6.58. The Morgan fingerprint density at radius 3 is 2.60 bits per heavy atom. The first-order chi connectivity index (χ1) is 19.6. The van der Waals surface area contributed by atoms with Crippen LogP contribution in [0.25, 0.3) is 22.0 Å². The minimum Gasteiger partial charge on any atom is -0.436 e. The first-order valence-corrected chi connectivity index (χ1v) is 13.5. The van der Waals surface area contributed by atoms with Gasteiger partial charge in [0.25, 0.3) is 5.91 Å². The number of halogens is 1. The summed E-state index contributed by atoms with van der Waals surface area (Å²) in [6.45, 7) is 3.14. The maximum Gasteiger partial charge on any atom is 0.276 e. The number of hydrogen-bond donors (Lipinski definition) is 2. The summed E-state index contributed by atoms with van der Waals surface area (Å²) in [5.74, 6) is -0.565. The van der Waals surface area contributed by atoms with Crippen molar-refractivity contribution in [2.75, 3.05) is 18.4 Å². The van der Waals surface area contributed by atoms with Crippen molar-refractivity contribution in [2.45, 2.75) is 32.2 Å². The molecule has 202 valence electrons. The quantitative estimate of drug-likeness (QED) is 0.244. The molecule has 0 saturated carbocycles. The number of nitrogens with zero attached hydrogens (tertiary/aromatic N) is 4. The van der Waals surface area contributed by atoms with Gasteiger partial charge in [0.1, 0.15) is 0 Å². The van der Waals surface area contributed by atoms with E-state index in [4.69, 9.17) is 4.74 Å².